The fourth-order valence-corrected chi connectivity index (χ4v) is 2.61. The van der Waals surface area contributed by atoms with Crippen LogP contribution in [0.4, 0.5) is 0 Å². The quantitative estimate of drug-likeness (QED) is 0.811. The van der Waals surface area contributed by atoms with Gasteiger partial charge >= 0.3 is 0 Å². The van der Waals surface area contributed by atoms with Crippen molar-refractivity contribution in [1.82, 2.24) is 14.8 Å². The summed E-state index contributed by atoms with van der Waals surface area (Å²) in [6, 6.07) is 11.5. The molecule has 0 radical (unpaired) electrons. The van der Waals surface area contributed by atoms with E-state index >= 15 is 0 Å². The van der Waals surface area contributed by atoms with E-state index in [-0.39, 0.29) is 12.7 Å². The number of amides is 1. The Bertz CT molecular complexity index is 704. The zero-order chi connectivity index (χ0) is 16.9. The van der Waals surface area contributed by atoms with Gasteiger partial charge < -0.3 is 19.3 Å². The van der Waals surface area contributed by atoms with Gasteiger partial charge in [-0.3, -0.25) is 9.78 Å². The molecule has 6 nitrogen and oxygen atoms in total. The predicted molar refractivity (Wildman–Crippen MR) is 89.6 cm³/mol. The molecule has 0 N–H and O–H groups in total. The number of carbonyl (C=O) groups is 1. The molecule has 1 aromatic carbocycles. The molecule has 0 spiro atoms. The number of benzene rings is 1. The number of para-hydroxylation sites is 1. The first-order chi connectivity index (χ1) is 11.6. The van der Waals surface area contributed by atoms with Crippen molar-refractivity contribution < 1.29 is 14.3 Å². The van der Waals surface area contributed by atoms with Crippen LogP contribution >= 0.6 is 0 Å². The molecular weight excluding hydrogens is 306 g/mol. The fraction of sp³-hybridized carbons (Fsp3) is 0.333. The van der Waals surface area contributed by atoms with E-state index in [4.69, 9.17) is 9.47 Å². The number of hydrogen-bond acceptors (Lipinski definition) is 5. The highest BCUT2D eigenvalue weighted by Crippen LogP contribution is 2.36. The van der Waals surface area contributed by atoms with Crippen LogP contribution in [-0.2, 0) is 17.9 Å². The standard InChI is InChI=1S/C18H21N3O3/c1-20(2)12-17(22)21(11-15-7-3-4-9-19-15)10-14-6-5-8-16-18(14)24-13-23-16/h3-9H,10-13H2,1-2H3. The normalized spacial score (nSPS) is 12.5. The number of rotatable bonds is 6. The summed E-state index contributed by atoms with van der Waals surface area (Å²) in [7, 11) is 3.77. The number of ether oxygens (including phenoxy) is 2. The maximum Gasteiger partial charge on any atom is 0.237 e. The van der Waals surface area contributed by atoms with Crippen LogP contribution in [0.25, 0.3) is 0 Å². The lowest BCUT2D eigenvalue weighted by Gasteiger charge is -2.24. The molecule has 0 fully saturated rings. The lowest BCUT2D eigenvalue weighted by Crippen LogP contribution is -2.37. The van der Waals surface area contributed by atoms with Crippen LogP contribution < -0.4 is 9.47 Å². The number of aromatic nitrogens is 1. The first-order valence-corrected chi connectivity index (χ1v) is 7.83. The minimum Gasteiger partial charge on any atom is -0.454 e. The molecule has 2 heterocycles. The molecule has 0 aliphatic carbocycles. The van der Waals surface area contributed by atoms with Gasteiger partial charge in [-0.2, -0.15) is 0 Å². The van der Waals surface area contributed by atoms with Crippen LogP contribution in [0, 0.1) is 0 Å². The van der Waals surface area contributed by atoms with Crippen LogP contribution in [0.5, 0.6) is 11.5 Å². The molecule has 1 amide bonds. The van der Waals surface area contributed by atoms with Gasteiger partial charge in [-0.25, -0.2) is 0 Å². The molecule has 0 saturated carbocycles. The molecular formula is C18H21N3O3. The number of carbonyl (C=O) groups excluding carboxylic acids is 1. The Kier molecular flexibility index (Phi) is 4.96. The van der Waals surface area contributed by atoms with Crippen molar-refractivity contribution in [2.24, 2.45) is 0 Å². The number of likely N-dealkylation sites (N-methyl/N-ethyl adjacent to an activating group) is 1. The minimum absolute atomic E-state index is 0.0437. The monoisotopic (exact) mass is 327 g/mol. The Morgan fingerprint density at radius 2 is 2.00 bits per heavy atom. The smallest absolute Gasteiger partial charge is 0.237 e. The Hall–Kier alpha value is -2.60. The number of pyridine rings is 1. The highest BCUT2D eigenvalue weighted by molar-refractivity contribution is 5.78. The van der Waals surface area contributed by atoms with Gasteiger partial charge in [-0.15, -0.1) is 0 Å². The average Bonchev–Trinajstić information content (AvgIpc) is 3.04. The van der Waals surface area contributed by atoms with E-state index in [0.29, 0.717) is 19.6 Å². The Balaban J connectivity index is 1.82. The highest BCUT2D eigenvalue weighted by atomic mass is 16.7. The second-order valence-electron chi connectivity index (χ2n) is 5.96. The Labute approximate surface area is 141 Å². The molecule has 2 aromatic rings. The topological polar surface area (TPSA) is 54.9 Å². The third kappa shape index (κ3) is 3.83. The van der Waals surface area contributed by atoms with Gasteiger partial charge in [0.1, 0.15) is 0 Å². The summed E-state index contributed by atoms with van der Waals surface area (Å²) >= 11 is 0. The summed E-state index contributed by atoms with van der Waals surface area (Å²) < 4.78 is 11.0. The van der Waals surface area contributed by atoms with Crippen LogP contribution in [-0.4, -0.2) is 48.1 Å². The van der Waals surface area contributed by atoms with Crippen molar-refractivity contribution in [3.63, 3.8) is 0 Å². The molecule has 1 aliphatic rings. The number of nitrogens with zero attached hydrogens (tertiary/aromatic N) is 3. The summed E-state index contributed by atoms with van der Waals surface area (Å²) in [6.07, 6.45) is 1.74. The zero-order valence-corrected chi connectivity index (χ0v) is 13.9. The van der Waals surface area contributed by atoms with Crippen molar-refractivity contribution in [1.29, 1.82) is 0 Å². The van der Waals surface area contributed by atoms with Gasteiger partial charge in [0.2, 0.25) is 12.7 Å². The maximum atomic E-state index is 12.6. The molecule has 126 valence electrons. The van der Waals surface area contributed by atoms with Crippen LogP contribution in [0.3, 0.4) is 0 Å². The molecule has 0 bridgehead atoms. The predicted octanol–water partition coefficient (Wildman–Crippen LogP) is 1.90. The molecule has 24 heavy (non-hydrogen) atoms. The fourth-order valence-electron chi connectivity index (χ4n) is 2.61. The molecule has 6 heteroatoms. The molecule has 0 unspecified atom stereocenters. The van der Waals surface area contributed by atoms with Gasteiger partial charge in [0.25, 0.3) is 0 Å². The van der Waals surface area contributed by atoms with Gasteiger partial charge in [0, 0.05) is 18.3 Å². The first-order valence-electron chi connectivity index (χ1n) is 7.83. The Morgan fingerprint density at radius 1 is 1.12 bits per heavy atom. The summed E-state index contributed by atoms with van der Waals surface area (Å²) in [5, 5.41) is 0. The van der Waals surface area contributed by atoms with E-state index in [9.17, 15) is 4.79 Å². The lowest BCUT2D eigenvalue weighted by molar-refractivity contribution is -0.133. The van der Waals surface area contributed by atoms with Crippen molar-refractivity contribution >= 4 is 5.91 Å². The van der Waals surface area contributed by atoms with E-state index in [1.165, 1.54) is 0 Å². The maximum absolute atomic E-state index is 12.6. The van der Waals surface area contributed by atoms with Crippen molar-refractivity contribution in [2.75, 3.05) is 27.4 Å². The molecule has 0 atom stereocenters. The summed E-state index contributed by atoms with van der Waals surface area (Å²) in [6.45, 7) is 1.48. The van der Waals surface area contributed by atoms with E-state index in [2.05, 4.69) is 4.98 Å². The van der Waals surface area contributed by atoms with Gasteiger partial charge in [-0.05, 0) is 32.3 Å². The summed E-state index contributed by atoms with van der Waals surface area (Å²) in [5.74, 6) is 1.49. The van der Waals surface area contributed by atoms with Crippen LogP contribution in [0.15, 0.2) is 42.6 Å². The van der Waals surface area contributed by atoms with Crippen LogP contribution in [0.2, 0.25) is 0 Å². The lowest BCUT2D eigenvalue weighted by atomic mass is 10.1. The first kappa shape index (κ1) is 16.3. The van der Waals surface area contributed by atoms with E-state index in [1.807, 2.05) is 55.4 Å². The van der Waals surface area contributed by atoms with Gasteiger partial charge in [0.05, 0.1) is 18.8 Å². The van der Waals surface area contributed by atoms with Gasteiger partial charge in [0.15, 0.2) is 11.5 Å². The second kappa shape index (κ2) is 7.31. The number of hydrogen-bond donors (Lipinski definition) is 0. The third-order valence-corrected chi connectivity index (χ3v) is 3.72. The minimum atomic E-state index is 0.0437. The summed E-state index contributed by atoms with van der Waals surface area (Å²) in [4.78, 5) is 20.6. The van der Waals surface area contributed by atoms with Crippen molar-refractivity contribution in [2.45, 2.75) is 13.1 Å². The third-order valence-electron chi connectivity index (χ3n) is 3.72. The van der Waals surface area contributed by atoms with E-state index in [0.717, 1.165) is 22.8 Å². The van der Waals surface area contributed by atoms with E-state index in [1.54, 1.807) is 11.1 Å². The molecule has 1 aliphatic heterocycles. The molecule has 0 saturated heterocycles. The Morgan fingerprint density at radius 3 is 2.75 bits per heavy atom. The van der Waals surface area contributed by atoms with E-state index < -0.39 is 0 Å². The molecule has 1 aromatic heterocycles. The van der Waals surface area contributed by atoms with Crippen molar-refractivity contribution in [3.05, 3.63) is 53.9 Å². The SMILES string of the molecule is CN(C)CC(=O)N(Cc1ccccn1)Cc1cccc2c1OCO2. The van der Waals surface area contributed by atoms with Crippen LogP contribution in [0.1, 0.15) is 11.3 Å². The zero-order valence-electron chi connectivity index (χ0n) is 13.9. The van der Waals surface area contributed by atoms with Gasteiger partial charge in [-0.1, -0.05) is 18.2 Å². The number of fused-ring (bicyclic) bond motifs is 1. The second-order valence-corrected chi connectivity index (χ2v) is 5.96. The molecule has 3 rings (SSSR count). The average molecular weight is 327 g/mol. The largest absolute Gasteiger partial charge is 0.454 e. The van der Waals surface area contributed by atoms with Crippen molar-refractivity contribution in [3.8, 4) is 11.5 Å². The highest BCUT2D eigenvalue weighted by Gasteiger charge is 2.22. The summed E-state index contributed by atoms with van der Waals surface area (Å²) in [5.41, 5.74) is 1.79.